The van der Waals surface area contributed by atoms with Gasteiger partial charge < -0.3 is 14.4 Å². The highest BCUT2D eigenvalue weighted by Crippen LogP contribution is 2.42. The van der Waals surface area contributed by atoms with Crippen LogP contribution >= 0.6 is 0 Å². The summed E-state index contributed by atoms with van der Waals surface area (Å²) in [5, 5.41) is 0. The maximum Gasteiger partial charge on any atom is 0.328 e. The van der Waals surface area contributed by atoms with Crippen LogP contribution in [0.2, 0.25) is 0 Å². The summed E-state index contributed by atoms with van der Waals surface area (Å²) in [4.78, 5) is 38.9. The van der Waals surface area contributed by atoms with Crippen molar-refractivity contribution in [2.24, 2.45) is 0 Å². The number of ether oxygens (including phenoxy) is 2. The highest BCUT2D eigenvalue weighted by atomic mass is 16.6. The smallest absolute Gasteiger partial charge is 0.328 e. The minimum absolute atomic E-state index is 0.117. The van der Waals surface area contributed by atoms with E-state index in [-0.39, 0.29) is 25.5 Å². The molecule has 118 valence electrons. The first-order chi connectivity index (χ1) is 10.5. The second-order valence-electron chi connectivity index (χ2n) is 4.99. The van der Waals surface area contributed by atoms with Crippen molar-refractivity contribution in [3.8, 4) is 0 Å². The van der Waals surface area contributed by atoms with E-state index >= 15 is 0 Å². The third-order valence-corrected chi connectivity index (χ3v) is 3.76. The number of benzene rings is 1. The molecular formula is C16H19NO5. The minimum Gasteiger partial charge on any atom is -0.465 e. The van der Waals surface area contributed by atoms with Gasteiger partial charge in [-0.2, -0.15) is 0 Å². The van der Waals surface area contributed by atoms with E-state index in [9.17, 15) is 14.4 Å². The molecule has 0 saturated carbocycles. The molecule has 0 bridgehead atoms. The summed E-state index contributed by atoms with van der Waals surface area (Å²) in [5.74, 6) is -1.83. The predicted octanol–water partition coefficient (Wildman–Crippen LogP) is 1.42. The number of carbonyl (C=O) groups excluding carboxylic acids is 3. The summed E-state index contributed by atoms with van der Waals surface area (Å²) < 4.78 is 10.2. The number of fused-ring (bicyclic) bond motifs is 1. The first-order valence-corrected chi connectivity index (χ1v) is 7.19. The van der Waals surface area contributed by atoms with E-state index in [1.54, 1.807) is 45.2 Å². The number of para-hydroxylation sites is 1. The number of amides is 1. The molecule has 0 atom stereocenters. The molecule has 0 spiro atoms. The number of anilines is 1. The Hall–Kier alpha value is -2.37. The van der Waals surface area contributed by atoms with E-state index in [1.165, 1.54) is 4.90 Å². The lowest BCUT2D eigenvalue weighted by Crippen LogP contribution is -2.53. The molecule has 6 heteroatoms. The number of hydrogen-bond acceptors (Lipinski definition) is 5. The minimum atomic E-state index is -1.73. The van der Waals surface area contributed by atoms with Crippen molar-refractivity contribution in [2.45, 2.75) is 25.7 Å². The SMILES string of the molecule is CCOC(=O)C1(C(=O)OCC)CC(=O)N(C)c2ccccc21. The molecule has 6 nitrogen and oxygen atoms in total. The first kappa shape index (κ1) is 16.0. The Bertz CT molecular complexity index is 592. The Balaban J connectivity index is 2.67. The first-order valence-electron chi connectivity index (χ1n) is 7.19. The van der Waals surface area contributed by atoms with Crippen LogP contribution in [0.5, 0.6) is 0 Å². The third kappa shape index (κ3) is 2.34. The van der Waals surface area contributed by atoms with Gasteiger partial charge in [-0.15, -0.1) is 0 Å². The molecule has 0 unspecified atom stereocenters. The average Bonchev–Trinajstić information content (AvgIpc) is 2.51. The Morgan fingerprint density at radius 3 is 2.23 bits per heavy atom. The van der Waals surface area contributed by atoms with E-state index in [0.717, 1.165) is 0 Å². The standard InChI is InChI=1S/C16H19NO5/c1-4-21-14(19)16(15(20)22-5-2)10-13(18)17(3)12-9-7-6-8-11(12)16/h6-9H,4-5,10H2,1-3H3. The van der Waals surface area contributed by atoms with Crippen molar-refractivity contribution in [1.29, 1.82) is 0 Å². The number of hydrogen-bond donors (Lipinski definition) is 0. The van der Waals surface area contributed by atoms with Crippen LogP contribution in [0.1, 0.15) is 25.8 Å². The van der Waals surface area contributed by atoms with Gasteiger partial charge in [-0.25, -0.2) is 0 Å². The zero-order valence-electron chi connectivity index (χ0n) is 12.9. The van der Waals surface area contributed by atoms with Crippen molar-refractivity contribution >= 4 is 23.5 Å². The van der Waals surface area contributed by atoms with Crippen LogP contribution in [0, 0.1) is 0 Å². The largest absolute Gasteiger partial charge is 0.465 e. The van der Waals surface area contributed by atoms with Crippen LogP contribution in [0.4, 0.5) is 5.69 Å². The summed E-state index contributed by atoms with van der Waals surface area (Å²) in [7, 11) is 1.61. The van der Waals surface area contributed by atoms with E-state index < -0.39 is 17.4 Å². The van der Waals surface area contributed by atoms with Crippen LogP contribution < -0.4 is 4.90 Å². The quantitative estimate of drug-likeness (QED) is 0.621. The van der Waals surface area contributed by atoms with E-state index in [2.05, 4.69) is 0 Å². The number of esters is 2. The third-order valence-electron chi connectivity index (χ3n) is 3.76. The molecule has 0 aliphatic carbocycles. The van der Waals surface area contributed by atoms with Crippen molar-refractivity contribution in [3.63, 3.8) is 0 Å². The molecule has 1 heterocycles. The number of rotatable bonds is 4. The van der Waals surface area contributed by atoms with Crippen molar-refractivity contribution in [3.05, 3.63) is 29.8 Å². The van der Waals surface area contributed by atoms with Gasteiger partial charge in [0.15, 0.2) is 0 Å². The predicted molar refractivity (Wildman–Crippen MR) is 79.4 cm³/mol. The second-order valence-corrected chi connectivity index (χ2v) is 4.99. The second kappa shape index (κ2) is 6.17. The molecule has 0 N–H and O–H groups in total. The zero-order valence-corrected chi connectivity index (χ0v) is 12.9. The van der Waals surface area contributed by atoms with Gasteiger partial charge in [-0.05, 0) is 19.9 Å². The van der Waals surface area contributed by atoms with Gasteiger partial charge >= 0.3 is 11.9 Å². The molecule has 0 saturated heterocycles. The van der Waals surface area contributed by atoms with Crippen LogP contribution in [0.25, 0.3) is 0 Å². The average molecular weight is 305 g/mol. The molecule has 1 aliphatic rings. The Morgan fingerprint density at radius 1 is 1.14 bits per heavy atom. The van der Waals surface area contributed by atoms with Gasteiger partial charge in [-0.3, -0.25) is 14.4 Å². The van der Waals surface area contributed by atoms with Crippen LogP contribution in [-0.4, -0.2) is 38.1 Å². The van der Waals surface area contributed by atoms with Crippen LogP contribution in [0.3, 0.4) is 0 Å². The molecule has 1 aromatic carbocycles. The normalized spacial score (nSPS) is 16.0. The van der Waals surface area contributed by atoms with Gasteiger partial charge in [0.1, 0.15) is 0 Å². The fraction of sp³-hybridized carbons (Fsp3) is 0.438. The monoisotopic (exact) mass is 305 g/mol. The van der Waals surface area contributed by atoms with Gasteiger partial charge in [0.05, 0.1) is 19.6 Å². The molecule has 1 amide bonds. The molecular weight excluding hydrogens is 286 g/mol. The Labute approximate surface area is 129 Å². The van der Waals surface area contributed by atoms with Crippen LogP contribution in [-0.2, 0) is 29.3 Å². The highest BCUT2D eigenvalue weighted by molar-refractivity contribution is 6.15. The molecule has 2 rings (SSSR count). The summed E-state index contributed by atoms with van der Waals surface area (Å²) in [6.07, 6.45) is -0.293. The van der Waals surface area contributed by atoms with Crippen molar-refractivity contribution < 1.29 is 23.9 Å². The summed E-state index contributed by atoms with van der Waals surface area (Å²) in [5.41, 5.74) is -0.777. The highest BCUT2D eigenvalue weighted by Gasteiger charge is 2.56. The topological polar surface area (TPSA) is 72.9 Å². The van der Waals surface area contributed by atoms with Gasteiger partial charge in [0.25, 0.3) is 0 Å². The molecule has 0 fully saturated rings. The van der Waals surface area contributed by atoms with Crippen LogP contribution in [0.15, 0.2) is 24.3 Å². The summed E-state index contributed by atoms with van der Waals surface area (Å²) in [6, 6.07) is 6.82. The lowest BCUT2D eigenvalue weighted by atomic mass is 9.73. The van der Waals surface area contributed by atoms with E-state index in [0.29, 0.717) is 11.3 Å². The fourth-order valence-corrected chi connectivity index (χ4v) is 2.66. The van der Waals surface area contributed by atoms with Gasteiger partial charge in [0.2, 0.25) is 11.3 Å². The van der Waals surface area contributed by atoms with Gasteiger partial charge in [0, 0.05) is 18.3 Å². The van der Waals surface area contributed by atoms with Gasteiger partial charge in [-0.1, -0.05) is 18.2 Å². The lowest BCUT2D eigenvalue weighted by Gasteiger charge is -2.37. The fourth-order valence-electron chi connectivity index (χ4n) is 2.66. The maximum absolute atomic E-state index is 12.6. The molecule has 1 aliphatic heterocycles. The molecule has 0 aromatic heterocycles. The Morgan fingerprint density at radius 2 is 1.68 bits per heavy atom. The summed E-state index contributed by atoms with van der Waals surface area (Å²) in [6.45, 7) is 3.54. The molecule has 1 aromatic rings. The van der Waals surface area contributed by atoms with E-state index in [1.807, 2.05) is 0 Å². The summed E-state index contributed by atoms with van der Waals surface area (Å²) >= 11 is 0. The van der Waals surface area contributed by atoms with Crippen molar-refractivity contribution in [2.75, 3.05) is 25.2 Å². The van der Waals surface area contributed by atoms with E-state index in [4.69, 9.17) is 9.47 Å². The number of nitrogens with zero attached hydrogens (tertiary/aromatic N) is 1. The lowest BCUT2D eigenvalue weighted by molar-refractivity contribution is -0.167. The molecule has 22 heavy (non-hydrogen) atoms. The van der Waals surface area contributed by atoms with Crippen molar-refractivity contribution in [1.82, 2.24) is 0 Å². The molecule has 0 radical (unpaired) electrons. The Kier molecular flexibility index (Phi) is 4.49. The zero-order chi connectivity index (χ0) is 16.3. The number of carbonyl (C=O) groups is 3. The maximum atomic E-state index is 12.6.